The highest BCUT2D eigenvalue weighted by molar-refractivity contribution is 7.19. The van der Waals surface area contributed by atoms with Crippen molar-refractivity contribution in [2.24, 2.45) is 0 Å². The van der Waals surface area contributed by atoms with Gasteiger partial charge in [0.1, 0.15) is 17.0 Å². The Balaban J connectivity index is 1.56. The van der Waals surface area contributed by atoms with Crippen molar-refractivity contribution < 1.29 is 0 Å². The van der Waals surface area contributed by atoms with Gasteiger partial charge in [0.25, 0.3) is 0 Å². The van der Waals surface area contributed by atoms with Crippen molar-refractivity contribution in [3.63, 3.8) is 0 Å². The quantitative estimate of drug-likeness (QED) is 0.928. The van der Waals surface area contributed by atoms with Gasteiger partial charge in [0.15, 0.2) is 0 Å². The molecule has 0 bridgehead atoms. The number of hydrogen-bond acceptors (Lipinski definition) is 5. The number of thiophene rings is 1. The summed E-state index contributed by atoms with van der Waals surface area (Å²) in [6.07, 6.45) is 11.8. The van der Waals surface area contributed by atoms with Crippen LogP contribution in [0.1, 0.15) is 49.0 Å². The molecule has 1 saturated carbocycles. The van der Waals surface area contributed by atoms with Crippen LogP contribution in [0, 0.1) is 0 Å². The van der Waals surface area contributed by atoms with Gasteiger partial charge < -0.3 is 10.2 Å². The average molecular weight is 331 g/mol. The van der Waals surface area contributed by atoms with Crippen LogP contribution in [0.4, 0.5) is 5.82 Å². The Labute approximate surface area is 142 Å². The maximum absolute atomic E-state index is 4.61. The minimum absolute atomic E-state index is 0.559. The van der Waals surface area contributed by atoms with E-state index in [1.54, 1.807) is 11.2 Å². The lowest BCUT2D eigenvalue weighted by molar-refractivity contribution is 0.221. The van der Waals surface area contributed by atoms with Gasteiger partial charge in [-0.1, -0.05) is 0 Å². The Morgan fingerprint density at radius 3 is 2.65 bits per heavy atom. The van der Waals surface area contributed by atoms with Crippen LogP contribution < -0.4 is 5.32 Å². The fraction of sp³-hybridized carbons (Fsp3) is 0.667. The molecule has 2 heterocycles. The molecule has 0 spiro atoms. The minimum atomic E-state index is 0.559. The van der Waals surface area contributed by atoms with Crippen molar-refractivity contribution in [3.8, 4) is 0 Å². The van der Waals surface area contributed by atoms with Crippen molar-refractivity contribution >= 4 is 27.4 Å². The number of nitrogens with one attached hydrogen (secondary N) is 1. The zero-order valence-electron chi connectivity index (χ0n) is 14.1. The lowest BCUT2D eigenvalue weighted by Gasteiger charge is -2.33. The first-order valence-electron chi connectivity index (χ1n) is 8.90. The molecular formula is C18H26N4S. The number of fused-ring (bicyclic) bond motifs is 3. The van der Waals surface area contributed by atoms with E-state index in [0.29, 0.717) is 6.04 Å². The Hall–Kier alpha value is -1.20. The maximum Gasteiger partial charge on any atom is 0.138 e. The molecule has 0 radical (unpaired) electrons. The molecule has 2 aliphatic rings. The first-order chi connectivity index (χ1) is 11.2. The van der Waals surface area contributed by atoms with E-state index in [2.05, 4.69) is 34.3 Å². The first-order valence-corrected chi connectivity index (χ1v) is 9.72. The fourth-order valence-electron chi connectivity index (χ4n) is 4.13. The van der Waals surface area contributed by atoms with Crippen molar-refractivity contribution in [2.45, 2.75) is 63.5 Å². The third-order valence-electron chi connectivity index (χ3n) is 5.52. The van der Waals surface area contributed by atoms with Crippen molar-refractivity contribution in [1.29, 1.82) is 0 Å². The van der Waals surface area contributed by atoms with E-state index in [1.165, 1.54) is 67.1 Å². The van der Waals surface area contributed by atoms with Crippen LogP contribution in [0.15, 0.2) is 6.33 Å². The van der Waals surface area contributed by atoms with Gasteiger partial charge >= 0.3 is 0 Å². The standard InChI is InChI=1S/C18H26N4S/c1-22(2)13-9-7-12(8-10-13)21-17-16-14-5-3-4-6-15(14)23-18(16)20-11-19-17/h11-13H,3-10H2,1-2H3,(H,19,20,21). The summed E-state index contributed by atoms with van der Waals surface area (Å²) in [6, 6.07) is 1.30. The number of nitrogens with zero attached hydrogens (tertiary/aromatic N) is 3. The number of anilines is 1. The normalized spacial score (nSPS) is 24.8. The molecule has 0 amide bonds. The van der Waals surface area contributed by atoms with Gasteiger partial charge in [-0.05, 0) is 71.0 Å². The van der Waals surface area contributed by atoms with Crippen molar-refractivity contribution in [2.75, 3.05) is 19.4 Å². The molecule has 1 fully saturated rings. The van der Waals surface area contributed by atoms with Crippen molar-refractivity contribution in [3.05, 3.63) is 16.8 Å². The van der Waals surface area contributed by atoms with E-state index in [9.17, 15) is 0 Å². The highest BCUT2D eigenvalue weighted by atomic mass is 32.1. The van der Waals surface area contributed by atoms with Crippen LogP contribution in [0.2, 0.25) is 0 Å². The molecule has 2 aliphatic carbocycles. The molecule has 23 heavy (non-hydrogen) atoms. The monoisotopic (exact) mass is 330 g/mol. The molecule has 0 atom stereocenters. The van der Waals surface area contributed by atoms with Gasteiger partial charge in [0.05, 0.1) is 5.39 Å². The highest BCUT2D eigenvalue weighted by Gasteiger charge is 2.25. The second-order valence-corrected chi connectivity index (χ2v) is 8.31. The van der Waals surface area contributed by atoms with Crippen LogP contribution >= 0.6 is 11.3 Å². The SMILES string of the molecule is CN(C)C1CCC(Nc2ncnc3sc4c(c23)CCCC4)CC1. The van der Waals surface area contributed by atoms with E-state index in [1.807, 2.05) is 11.3 Å². The molecule has 0 aliphatic heterocycles. The molecule has 0 saturated heterocycles. The van der Waals surface area contributed by atoms with E-state index >= 15 is 0 Å². The largest absolute Gasteiger partial charge is 0.367 e. The summed E-state index contributed by atoms with van der Waals surface area (Å²) < 4.78 is 0. The Morgan fingerprint density at radius 1 is 1.09 bits per heavy atom. The molecule has 5 heteroatoms. The lowest BCUT2D eigenvalue weighted by Crippen LogP contribution is -2.36. The molecule has 0 unspecified atom stereocenters. The van der Waals surface area contributed by atoms with Gasteiger partial charge in [-0.15, -0.1) is 11.3 Å². The summed E-state index contributed by atoms with van der Waals surface area (Å²) in [6.45, 7) is 0. The zero-order chi connectivity index (χ0) is 15.8. The predicted octanol–water partition coefficient (Wildman–Crippen LogP) is 3.85. The summed E-state index contributed by atoms with van der Waals surface area (Å²) in [7, 11) is 4.40. The number of aromatic nitrogens is 2. The third-order valence-corrected chi connectivity index (χ3v) is 6.72. The summed E-state index contributed by atoms with van der Waals surface area (Å²) in [4.78, 5) is 14.2. The van der Waals surface area contributed by atoms with Crippen LogP contribution in [0.3, 0.4) is 0 Å². The van der Waals surface area contributed by atoms with Gasteiger partial charge in [0.2, 0.25) is 0 Å². The molecule has 4 rings (SSSR count). The van der Waals surface area contributed by atoms with Crippen LogP contribution in [0.5, 0.6) is 0 Å². The van der Waals surface area contributed by atoms with Crippen LogP contribution in [-0.4, -0.2) is 41.0 Å². The Bertz CT molecular complexity index is 686. The Morgan fingerprint density at radius 2 is 1.87 bits per heavy atom. The van der Waals surface area contributed by atoms with E-state index in [4.69, 9.17) is 0 Å². The smallest absolute Gasteiger partial charge is 0.138 e. The lowest BCUT2D eigenvalue weighted by atomic mass is 9.90. The maximum atomic E-state index is 4.61. The molecule has 4 nitrogen and oxygen atoms in total. The number of hydrogen-bond donors (Lipinski definition) is 1. The zero-order valence-corrected chi connectivity index (χ0v) is 15.0. The minimum Gasteiger partial charge on any atom is -0.367 e. The van der Waals surface area contributed by atoms with Gasteiger partial charge in [-0.3, -0.25) is 0 Å². The van der Waals surface area contributed by atoms with E-state index < -0.39 is 0 Å². The highest BCUT2D eigenvalue weighted by Crippen LogP contribution is 2.38. The summed E-state index contributed by atoms with van der Waals surface area (Å²) in [5.41, 5.74) is 1.53. The topological polar surface area (TPSA) is 41.0 Å². The Kier molecular flexibility index (Phi) is 4.24. The number of rotatable bonds is 3. The van der Waals surface area contributed by atoms with Gasteiger partial charge in [-0.2, -0.15) is 0 Å². The molecule has 2 aromatic heterocycles. The number of aryl methyl sites for hydroxylation is 2. The molecule has 2 aromatic rings. The third kappa shape index (κ3) is 2.96. The predicted molar refractivity (Wildman–Crippen MR) is 97.4 cm³/mol. The second kappa shape index (κ2) is 6.36. The second-order valence-electron chi connectivity index (χ2n) is 7.23. The molecular weight excluding hydrogens is 304 g/mol. The average Bonchev–Trinajstić information content (AvgIpc) is 2.95. The molecule has 124 valence electrons. The van der Waals surface area contributed by atoms with Crippen LogP contribution in [0.25, 0.3) is 10.2 Å². The van der Waals surface area contributed by atoms with Gasteiger partial charge in [-0.25, -0.2) is 9.97 Å². The van der Waals surface area contributed by atoms with Crippen molar-refractivity contribution in [1.82, 2.24) is 14.9 Å². The van der Waals surface area contributed by atoms with Crippen LogP contribution in [-0.2, 0) is 12.8 Å². The summed E-state index contributed by atoms with van der Waals surface area (Å²) in [5.74, 6) is 1.09. The summed E-state index contributed by atoms with van der Waals surface area (Å²) in [5, 5.41) is 5.08. The van der Waals surface area contributed by atoms with E-state index in [-0.39, 0.29) is 0 Å². The first kappa shape index (κ1) is 15.3. The van der Waals surface area contributed by atoms with Gasteiger partial charge in [0, 0.05) is 17.0 Å². The summed E-state index contributed by atoms with van der Waals surface area (Å²) >= 11 is 1.88. The fourth-order valence-corrected chi connectivity index (χ4v) is 5.36. The van der Waals surface area contributed by atoms with E-state index in [0.717, 1.165) is 11.9 Å². The molecule has 1 N–H and O–H groups in total. The molecule has 0 aromatic carbocycles.